The molecule has 0 heterocycles. The number of ketones is 1. The van der Waals surface area contributed by atoms with Crippen LogP contribution in [0, 0.1) is 0 Å². The Kier molecular flexibility index (Phi) is 3.85. The van der Waals surface area contributed by atoms with Crippen LogP contribution in [0.2, 0.25) is 0 Å². The molecule has 1 atom stereocenters. The van der Waals surface area contributed by atoms with Crippen LogP contribution in [0.4, 0.5) is 0 Å². The van der Waals surface area contributed by atoms with Gasteiger partial charge >= 0.3 is 0 Å². The first-order valence-corrected chi connectivity index (χ1v) is 6.23. The predicted molar refractivity (Wildman–Crippen MR) is 70.8 cm³/mol. The minimum Gasteiger partial charge on any atom is -0.307 e. The number of hydrogen-bond donors (Lipinski definition) is 1. The summed E-state index contributed by atoms with van der Waals surface area (Å²) in [5.41, 5.74) is 2.14. The maximum atomic E-state index is 11.8. The quantitative estimate of drug-likeness (QED) is 0.874. The molecule has 0 saturated heterocycles. The van der Waals surface area contributed by atoms with Gasteiger partial charge in [-0.2, -0.15) is 0 Å². The number of rotatable bonds is 2. The van der Waals surface area contributed by atoms with Crippen LogP contribution >= 0.6 is 12.4 Å². The van der Waals surface area contributed by atoms with E-state index >= 15 is 0 Å². The summed E-state index contributed by atoms with van der Waals surface area (Å²) in [5.74, 6) is 0.297. The zero-order valence-corrected chi connectivity index (χ0v) is 10.6. The molecule has 2 aliphatic carbocycles. The zero-order valence-electron chi connectivity index (χ0n) is 9.82. The lowest BCUT2D eigenvalue weighted by atomic mass is 10.1. The maximum Gasteiger partial charge on any atom is 0.165 e. The molecule has 0 amide bonds. The molecule has 2 nitrogen and oxygen atoms in total. The van der Waals surface area contributed by atoms with Crippen LogP contribution < -0.4 is 5.32 Å². The first kappa shape index (κ1) is 12.6. The van der Waals surface area contributed by atoms with E-state index in [1.54, 1.807) is 0 Å². The Hall–Kier alpha value is -0.860. The maximum absolute atomic E-state index is 11.8. The van der Waals surface area contributed by atoms with Crippen LogP contribution in [0.1, 0.15) is 54.1 Å². The average molecular weight is 252 g/mol. The van der Waals surface area contributed by atoms with Gasteiger partial charge in [-0.1, -0.05) is 37.1 Å². The molecule has 3 rings (SSSR count). The van der Waals surface area contributed by atoms with Crippen molar-refractivity contribution in [2.24, 2.45) is 0 Å². The fourth-order valence-corrected chi connectivity index (χ4v) is 2.99. The number of halogens is 1. The van der Waals surface area contributed by atoms with E-state index in [4.69, 9.17) is 0 Å². The molecule has 2 aliphatic rings. The highest BCUT2D eigenvalue weighted by atomic mass is 35.5. The molecule has 1 unspecified atom stereocenters. The second-order valence-corrected chi connectivity index (χ2v) is 4.92. The Morgan fingerprint density at radius 3 is 2.59 bits per heavy atom. The smallest absolute Gasteiger partial charge is 0.165 e. The van der Waals surface area contributed by atoms with Gasteiger partial charge in [0.2, 0.25) is 0 Å². The largest absolute Gasteiger partial charge is 0.307 e. The van der Waals surface area contributed by atoms with Crippen molar-refractivity contribution in [3.05, 3.63) is 35.4 Å². The second kappa shape index (κ2) is 5.19. The fourth-order valence-electron chi connectivity index (χ4n) is 2.99. The molecule has 1 saturated carbocycles. The molecule has 1 aromatic rings. The molecular weight excluding hydrogens is 234 g/mol. The van der Waals surface area contributed by atoms with Crippen molar-refractivity contribution in [1.82, 2.24) is 5.32 Å². The number of fused-ring (bicyclic) bond motifs is 1. The van der Waals surface area contributed by atoms with Crippen molar-refractivity contribution in [1.29, 1.82) is 0 Å². The summed E-state index contributed by atoms with van der Waals surface area (Å²) in [7, 11) is 0. The topological polar surface area (TPSA) is 29.1 Å². The minimum absolute atomic E-state index is 0. The van der Waals surface area contributed by atoms with Crippen molar-refractivity contribution >= 4 is 18.2 Å². The van der Waals surface area contributed by atoms with Crippen LogP contribution in [-0.4, -0.2) is 11.8 Å². The fraction of sp³-hybridized carbons (Fsp3) is 0.500. The highest BCUT2D eigenvalue weighted by molar-refractivity contribution is 6.01. The van der Waals surface area contributed by atoms with E-state index in [9.17, 15) is 4.79 Å². The summed E-state index contributed by atoms with van der Waals surface area (Å²) in [4.78, 5) is 11.8. The number of benzene rings is 1. The van der Waals surface area contributed by atoms with Crippen LogP contribution in [0.25, 0.3) is 0 Å². The molecule has 0 bridgehead atoms. The summed E-state index contributed by atoms with van der Waals surface area (Å²) >= 11 is 0. The summed E-state index contributed by atoms with van der Waals surface area (Å²) in [5, 5.41) is 3.64. The highest BCUT2D eigenvalue weighted by Gasteiger charge is 2.30. The minimum atomic E-state index is 0. The number of hydrogen-bond acceptors (Lipinski definition) is 2. The van der Waals surface area contributed by atoms with Gasteiger partial charge in [0.1, 0.15) is 0 Å². The van der Waals surface area contributed by atoms with Gasteiger partial charge in [0.05, 0.1) is 0 Å². The van der Waals surface area contributed by atoms with Gasteiger partial charge < -0.3 is 5.32 Å². The van der Waals surface area contributed by atoms with E-state index < -0.39 is 0 Å². The molecule has 0 spiro atoms. The number of carbonyl (C=O) groups excluding carboxylic acids is 1. The van der Waals surface area contributed by atoms with Gasteiger partial charge in [0.25, 0.3) is 0 Å². The van der Waals surface area contributed by atoms with Gasteiger partial charge in [-0.3, -0.25) is 4.79 Å². The molecule has 17 heavy (non-hydrogen) atoms. The number of carbonyl (C=O) groups is 1. The van der Waals surface area contributed by atoms with Crippen molar-refractivity contribution < 1.29 is 4.79 Å². The summed E-state index contributed by atoms with van der Waals surface area (Å²) in [6.45, 7) is 0. The van der Waals surface area contributed by atoms with E-state index in [-0.39, 0.29) is 18.4 Å². The van der Waals surface area contributed by atoms with Gasteiger partial charge in [0, 0.05) is 24.1 Å². The Balaban J connectivity index is 0.00000108. The van der Waals surface area contributed by atoms with Crippen LogP contribution in [0.15, 0.2) is 24.3 Å². The average Bonchev–Trinajstić information content (AvgIpc) is 2.90. The lowest BCUT2D eigenvalue weighted by molar-refractivity contribution is 0.0984. The van der Waals surface area contributed by atoms with E-state index in [0.29, 0.717) is 18.2 Å². The van der Waals surface area contributed by atoms with Crippen molar-refractivity contribution in [2.75, 3.05) is 0 Å². The zero-order chi connectivity index (χ0) is 11.0. The molecule has 0 aromatic heterocycles. The number of Topliss-reactive ketones (excluding diaryl/α,β-unsaturated/α-hetero) is 1. The molecule has 1 aromatic carbocycles. The molecule has 92 valence electrons. The van der Waals surface area contributed by atoms with Gasteiger partial charge in [-0.15, -0.1) is 12.4 Å². The lowest BCUT2D eigenvalue weighted by Crippen LogP contribution is -2.29. The van der Waals surface area contributed by atoms with Crippen LogP contribution in [0.5, 0.6) is 0 Å². The van der Waals surface area contributed by atoms with Gasteiger partial charge in [0.15, 0.2) is 5.78 Å². The monoisotopic (exact) mass is 251 g/mol. The Labute approximate surface area is 108 Å². The highest BCUT2D eigenvalue weighted by Crippen LogP contribution is 2.32. The molecule has 1 N–H and O–H groups in total. The van der Waals surface area contributed by atoms with Crippen molar-refractivity contribution in [3.63, 3.8) is 0 Å². The van der Waals surface area contributed by atoms with Gasteiger partial charge in [-0.05, 0) is 18.4 Å². The van der Waals surface area contributed by atoms with Crippen LogP contribution in [0.3, 0.4) is 0 Å². The summed E-state index contributed by atoms with van der Waals surface area (Å²) in [6.07, 6.45) is 5.86. The SMILES string of the molecule is Cl.O=C1CC(NC2CCCC2)c2ccccc21. The van der Waals surface area contributed by atoms with Crippen molar-refractivity contribution in [3.8, 4) is 0 Å². The summed E-state index contributed by atoms with van der Waals surface area (Å²) in [6, 6.07) is 8.92. The molecule has 3 heteroatoms. The lowest BCUT2D eigenvalue weighted by Gasteiger charge is -2.18. The third-order valence-corrected chi connectivity index (χ3v) is 3.82. The first-order valence-electron chi connectivity index (χ1n) is 6.23. The van der Waals surface area contributed by atoms with E-state index in [1.807, 2.05) is 18.2 Å². The third kappa shape index (κ3) is 2.38. The van der Waals surface area contributed by atoms with Crippen molar-refractivity contribution in [2.45, 2.75) is 44.2 Å². The van der Waals surface area contributed by atoms with E-state index in [1.165, 1.54) is 31.2 Å². The normalized spacial score (nSPS) is 23.5. The Morgan fingerprint density at radius 1 is 1.12 bits per heavy atom. The summed E-state index contributed by atoms with van der Waals surface area (Å²) < 4.78 is 0. The third-order valence-electron chi connectivity index (χ3n) is 3.82. The van der Waals surface area contributed by atoms with E-state index in [2.05, 4.69) is 11.4 Å². The molecular formula is C14H18ClNO. The standard InChI is InChI=1S/C14H17NO.ClH/c16-14-9-13(15-10-5-1-2-6-10)11-7-3-4-8-12(11)14;/h3-4,7-8,10,13,15H,1-2,5-6,9H2;1H. The number of nitrogens with one attached hydrogen (secondary N) is 1. The molecule has 0 radical (unpaired) electrons. The molecule has 1 fully saturated rings. The Morgan fingerprint density at radius 2 is 1.82 bits per heavy atom. The molecule has 0 aliphatic heterocycles. The Bertz CT molecular complexity index is 412. The van der Waals surface area contributed by atoms with E-state index in [0.717, 1.165) is 5.56 Å². The first-order chi connectivity index (χ1) is 7.84. The van der Waals surface area contributed by atoms with Crippen LogP contribution in [-0.2, 0) is 0 Å². The van der Waals surface area contributed by atoms with Gasteiger partial charge in [-0.25, -0.2) is 0 Å². The second-order valence-electron chi connectivity index (χ2n) is 4.92. The predicted octanol–water partition coefficient (Wildman–Crippen LogP) is 3.27.